The Bertz CT molecular complexity index is 291. The summed E-state index contributed by atoms with van der Waals surface area (Å²) >= 11 is 15.1. The quantitative estimate of drug-likeness (QED) is 0.591. The summed E-state index contributed by atoms with van der Waals surface area (Å²) in [5, 5.41) is -0.174. The summed E-state index contributed by atoms with van der Waals surface area (Å²) in [4.78, 5) is 0. The minimum atomic E-state index is -3.23. The molecule has 1 aliphatic carbocycles. The third-order valence-electron chi connectivity index (χ3n) is 2.37. The summed E-state index contributed by atoms with van der Waals surface area (Å²) in [6.07, 6.45) is 2.82. The van der Waals surface area contributed by atoms with Gasteiger partial charge in [0.1, 0.15) is 0 Å². The highest BCUT2D eigenvalue weighted by molar-refractivity contribution is 9.42. The van der Waals surface area contributed by atoms with Gasteiger partial charge in [0.15, 0.2) is 9.84 Å². The van der Waals surface area contributed by atoms with Gasteiger partial charge in [-0.15, -0.1) is 11.6 Å². The maximum atomic E-state index is 11.9. The van der Waals surface area contributed by atoms with Crippen molar-refractivity contribution in [3.05, 3.63) is 0 Å². The Balaban J connectivity index is 2.76. The summed E-state index contributed by atoms with van der Waals surface area (Å²) in [6.45, 7) is 0. The molecule has 0 aromatic heterocycles. The number of rotatable bonds is 1. The van der Waals surface area contributed by atoms with E-state index in [1.165, 1.54) is 0 Å². The van der Waals surface area contributed by atoms with Crippen LogP contribution < -0.4 is 0 Å². The fraction of sp³-hybridized carbons (Fsp3) is 1.00. The van der Waals surface area contributed by atoms with E-state index >= 15 is 0 Å². The lowest BCUT2D eigenvalue weighted by Crippen LogP contribution is -2.34. The first kappa shape index (κ1) is 13.7. The average molecular weight is 433 g/mol. The summed E-state index contributed by atoms with van der Waals surface area (Å²) in [6, 6.07) is 0. The summed E-state index contributed by atoms with van der Waals surface area (Å²) in [5.74, 6) is 0. The zero-order valence-corrected chi connectivity index (χ0v) is 13.6. The van der Waals surface area contributed by atoms with Crippen LogP contribution in [-0.4, -0.2) is 20.5 Å². The maximum Gasteiger partial charge on any atom is 0.235 e. The van der Waals surface area contributed by atoms with Crippen LogP contribution in [0.5, 0.6) is 0 Å². The van der Waals surface area contributed by atoms with Crippen LogP contribution in [0.2, 0.25) is 0 Å². The Morgan fingerprint density at radius 2 is 1.50 bits per heavy atom. The molecule has 1 saturated carbocycles. The molecule has 1 aliphatic rings. The second-order valence-electron chi connectivity index (χ2n) is 3.36. The highest BCUT2D eigenvalue weighted by atomic mass is 80.0. The van der Waals surface area contributed by atoms with Gasteiger partial charge in [0.2, 0.25) is 1.47 Å². The number of alkyl halides is 4. The Morgan fingerprint density at radius 3 is 1.86 bits per heavy atom. The molecule has 0 aliphatic heterocycles. The molecular weight excluding hydrogens is 423 g/mol. The van der Waals surface area contributed by atoms with Gasteiger partial charge in [-0.3, -0.25) is 0 Å². The van der Waals surface area contributed by atoms with Crippen LogP contribution in [0.15, 0.2) is 0 Å². The van der Waals surface area contributed by atoms with Crippen molar-refractivity contribution in [3.8, 4) is 0 Å². The van der Waals surface area contributed by atoms with E-state index in [9.17, 15) is 8.42 Å². The lowest BCUT2D eigenvalue weighted by Gasteiger charge is -2.28. The Morgan fingerprint density at radius 1 is 1.07 bits per heavy atom. The third-order valence-corrected chi connectivity index (χ3v) is 8.86. The minimum absolute atomic E-state index is 0.136. The number of hydrogen-bond acceptors (Lipinski definition) is 2. The molecule has 2 nitrogen and oxygen atoms in total. The summed E-state index contributed by atoms with van der Waals surface area (Å²) in [5.41, 5.74) is 0. The standard InChI is InChI=1S/C7H10Br3ClO2S/c8-7(9,10)14(12,13)6-3-1-5(11)2-4-6/h5-6H,1-4H2. The number of sulfone groups is 1. The zero-order valence-electron chi connectivity index (χ0n) is 7.22. The number of halogens is 4. The van der Waals surface area contributed by atoms with Crippen LogP contribution in [0, 0.1) is 0 Å². The van der Waals surface area contributed by atoms with Gasteiger partial charge in [-0.2, -0.15) is 0 Å². The van der Waals surface area contributed by atoms with Gasteiger partial charge in [-0.1, -0.05) is 0 Å². The third kappa shape index (κ3) is 3.09. The van der Waals surface area contributed by atoms with Crippen molar-refractivity contribution in [2.75, 3.05) is 0 Å². The van der Waals surface area contributed by atoms with E-state index < -0.39 is 11.3 Å². The molecule has 0 aromatic rings. The average Bonchev–Trinajstić information content (AvgIpc) is 2.03. The molecule has 0 spiro atoms. The first-order valence-electron chi connectivity index (χ1n) is 4.19. The first-order valence-corrected chi connectivity index (χ1v) is 8.55. The van der Waals surface area contributed by atoms with Gasteiger partial charge in [0.25, 0.3) is 0 Å². The molecule has 0 N–H and O–H groups in total. The van der Waals surface area contributed by atoms with Gasteiger partial charge >= 0.3 is 0 Å². The van der Waals surface area contributed by atoms with E-state index in [1.807, 2.05) is 0 Å². The van der Waals surface area contributed by atoms with Crippen LogP contribution in [-0.2, 0) is 9.84 Å². The van der Waals surface area contributed by atoms with E-state index in [2.05, 4.69) is 47.8 Å². The second-order valence-corrected chi connectivity index (χ2v) is 14.7. The monoisotopic (exact) mass is 430 g/mol. The molecule has 7 heteroatoms. The van der Waals surface area contributed by atoms with Gasteiger partial charge in [0.05, 0.1) is 5.25 Å². The molecule has 0 saturated heterocycles. The van der Waals surface area contributed by atoms with Gasteiger partial charge < -0.3 is 0 Å². The molecule has 0 bridgehead atoms. The van der Waals surface area contributed by atoms with Crippen LogP contribution in [0.4, 0.5) is 0 Å². The smallest absolute Gasteiger partial charge is 0.225 e. The van der Waals surface area contributed by atoms with Crippen LogP contribution in [0.3, 0.4) is 0 Å². The van der Waals surface area contributed by atoms with Crippen molar-refractivity contribution in [2.45, 2.75) is 37.8 Å². The molecule has 1 rings (SSSR count). The molecule has 14 heavy (non-hydrogen) atoms. The number of hydrogen-bond donors (Lipinski definition) is 0. The molecular formula is C7H10Br3ClO2S. The van der Waals surface area contributed by atoms with E-state index in [0.717, 1.165) is 12.8 Å². The van der Waals surface area contributed by atoms with Gasteiger partial charge in [0, 0.05) is 5.38 Å². The van der Waals surface area contributed by atoms with Crippen LogP contribution in [0.1, 0.15) is 25.7 Å². The summed E-state index contributed by atoms with van der Waals surface area (Å²) in [7, 11) is -3.23. The topological polar surface area (TPSA) is 34.1 Å². The molecule has 0 atom stereocenters. The summed E-state index contributed by atoms with van der Waals surface area (Å²) < 4.78 is 22.7. The molecule has 1 fully saturated rings. The van der Waals surface area contributed by atoms with Crippen molar-refractivity contribution in [1.29, 1.82) is 0 Å². The molecule has 0 radical (unpaired) electrons. The highest BCUT2D eigenvalue weighted by Gasteiger charge is 2.43. The molecule has 0 heterocycles. The van der Waals surface area contributed by atoms with Crippen molar-refractivity contribution < 1.29 is 8.42 Å². The van der Waals surface area contributed by atoms with E-state index in [1.54, 1.807) is 0 Å². The van der Waals surface area contributed by atoms with Crippen molar-refractivity contribution in [2.24, 2.45) is 0 Å². The van der Waals surface area contributed by atoms with E-state index in [0.29, 0.717) is 12.8 Å². The fourth-order valence-corrected chi connectivity index (χ4v) is 5.42. The van der Waals surface area contributed by atoms with E-state index in [-0.39, 0.29) is 10.6 Å². The first-order chi connectivity index (χ1) is 6.25. The lowest BCUT2D eigenvalue weighted by molar-refractivity contribution is 0.490. The normalized spacial score (nSPS) is 30.3. The van der Waals surface area contributed by atoms with Gasteiger partial charge in [-0.05, 0) is 73.5 Å². The predicted molar refractivity (Wildman–Crippen MR) is 70.3 cm³/mol. The van der Waals surface area contributed by atoms with Crippen molar-refractivity contribution >= 4 is 69.2 Å². The molecule has 0 amide bonds. The zero-order chi connectivity index (χ0) is 11.0. The predicted octanol–water partition coefficient (Wildman–Crippen LogP) is 3.75. The SMILES string of the molecule is O=S(=O)(C1CCC(Cl)CC1)C(Br)(Br)Br. The van der Waals surface area contributed by atoms with Crippen molar-refractivity contribution in [3.63, 3.8) is 0 Å². The Hall–Kier alpha value is 1.68. The molecule has 0 aromatic carbocycles. The second kappa shape index (κ2) is 4.90. The molecule has 0 unspecified atom stereocenters. The Kier molecular flexibility index (Phi) is 4.81. The Labute approximate surface area is 114 Å². The van der Waals surface area contributed by atoms with Crippen molar-refractivity contribution in [1.82, 2.24) is 0 Å². The van der Waals surface area contributed by atoms with E-state index in [4.69, 9.17) is 11.6 Å². The van der Waals surface area contributed by atoms with Crippen LogP contribution in [0.25, 0.3) is 0 Å². The lowest BCUT2D eigenvalue weighted by atomic mass is 10.00. The molecule has 84 valence electrons. The van der Waals surface area contributed by atoms with Gasteiger partial charge in [-0.25, -0.2) is 8.42 Å². The maximum absolute atomic E-state index is 11.9. The fourth-order valence-electron chi connectivity index (χ4n) is 1.52. The largest absolute Gasteiger partial charge is 0.235 e. The van der Waals surface area contributed by atoms with Crippen LogP contribution >= 0.6 is 59.4 Å². The highest BCUT2D eigenvalue weighted by Crippen LogP contribution is 2.44. The minimum Gasteiger partial charge on any atom is -0.225 e.